The number of amides is 1. The SMILES string of the molecule is CCCn1c(-c2cccc(C(=O)NCc3ccc(C)cc3)c2)nc2cccnc21. The molecule has 4 aromatic rings. The van der Waals surface area contributed by atoms with Gasteiger partial charge in [0.25, 0.3) is 5.91 Å². The molecule has 0 atom stereocenters. The number of carbonyl (C=O) groups is 1. The lowest BCUT2D eigenvalue weighted by Gasteiger charge is -2.09. The van der Waals surface area contributed by atoms with Crippen LogP contribution in [0.1, 0.15) is 34.8 Å². The highest BCUT2D eigenvalue weighted by molar-refractivity contribution is 5.95. The van der Waals surface area contributed by atoms with Crippen molar-refractivity contribution in [1.29, 1.82) is 0 Å². The molecule has 1 N–H and O–H groups in total. The fraction of sp³-hybridized carbons (Fsp3) is 0.208. The van der Waals surface area contributed by atoms with Crippen molar-refractivity contribution in [3.05, 3.63) is 83.6 Å². The second-order valence-corrected chi connectivity index (χ2v) is 7.18. The third-order valence-electron chi connectivity index (χ3n) is 4.91. The normalized spacial score (nSPS) is 11.0. The van der Waals surface area contributed by atoms with Crippen molar-refractivity contribution < 1.29 is 4.79 Å². The standard InChI is InChI=1S/C24H24N4O/c1-3-14-28-22(27-21-8-5-13-25-23(21)28)19-6-4-7-20(15-19)24(29)26-16-18-11-9-17(2)10-12-18/h4-13,15H,3,14,16H2,1-2H3,(H,26,29). The first-order chi connectivity index (χ1) is 14.2. The lowest BCUT2D eigenvalue weighted by Crippen LogP contribution is -2.22. The first-order valence-electron chi connectivity index (χ1n) is 9.91. The van der Waals surface area contributed by atoms with Crippen molar-refractivity contribution in [3.8, 4) is 11.4 Å². The van der Waals surface area contributed by atoms with Gasteiger partial charge in [0.2, 0.25) is 0 Å². The van der Waals surface area contributed by atoms with Gasteiger partial charge in [-0.15, -0.1) is 0 Å². The number of aryl methyl sites for hydroxylation is 2. The van der Waals surface area contributed by atoms with E-state index in [1.165, 1.54) is 5.56 Å². The summed E-state index contributed by atoms with van der Waals surface area (Å²) < 4.78 is 2.12. The van der Waals surface area contributed by atoms with Crippen LogP contribution in [0.2, 0.25) is 0 Å². The Morgan fingerprint density at radius 1 is 1.07 bits per heavy atom. The van der Waals surface area contributed by atoms with E-state index in [9.17, 15) is 4.79 Å². The third-order valence-corrected chi connectivity index (χ3v) is 4.91. The maximum absolute atomic E-state index is 12.7. The number of carbonyl (C=O) groups excluding carboxylic acids is 1. The van der Waals surface area contributed by atoms with Crippen molar-refractivity contribution in [2.75, 3.05) is 0 Å². The van der Waals surface area contributed by atoms with Crippen molar-refractivity contribution in [1.82, 2.24) is 19.9 Å². The zero-order valence-electron chi connectivity index (χ0n) is 16.7. The molecule has 5 heteroatoms. The first-order valence-corrected chi connectivity index (χ1v) is 9.91. The van der Waals surface area contributed by atoms with Crippen LogP contribution in [0.25, 0.3) is 22.6 Å². The fourth-order valence-electron chi connectivity index (χ4n) is 3.40. The van der Waals surface area contributed by atoms with E-state index in [0.29, 0.717) is 12.1 Å². The number of hydrogen-bond acceptors (Lipinski definition) is 3. The number of benzene rings is 2. The Bertz CT molecular complexity index is 1150. The molecule has 0 bridgehead atoms. The molecular weight excluding hydrogens is 360 g/mol. The number of fused-ring (bicyclic) bond motifs is 1. The molecule has 2 heterocycles. The van der Waals surface area contributed by atoms with Gasteiger partial charge in [-0.25, -0.2) is 9.97 Å². The number of rotatable bonds is 6. The van der Waals surface area contributed by atoms with Gasteiger partial charge < -0.3 is 9.88 Å². The predicted molar refractivity (Wildman–Crippen MR) is 116 cm³/mol. The van der Waals surface area contributed by atoms with Gasteiger partial charge in [-0.3, -0.25) is 4.79 Å². The topological polar surface area (TPSA) is 59.8 Å². The summed E-state index contributed by atoms with van der Waals surface area (Å²) in [5, 5.41) is 3.00. The molecule has 0 aliphatic carbocycles. The minimum absolute atomic E-state index is 0.0938. The first kappa shape index (κ1) is 18.9. The summed E-state index contributed by atoms with van der Waals surface area (Å²) >= 11 is 0. The van der Waals surface area contributed by atoms with Gasteiger partial charge in [-0.2, -0.15) is 0 Å². The predicted octanol–water partition coefficient (Wildman–Crippen LogP) is 4.75. The highest BCUT2D eigenvalue weighted by Crippen LogP contribution is 2.25. The highest BCUT2D eigenvalue weighted by Gasteiger charge is 2.14. The molecule has 0 saturated heterocycles. The molecule has 0 spiro atoms. The average molecular weight is 384 g/mol. The molecule has 0 aliphatic heterocycles. The molecule has 0 radical (unpaired) electrons. The number of aromatic nitrogens is 3. The lowest BCUT2D eigenvalue weighted by atomic mass is 10.1. The maximum atomic E-state index is 12.7. The molecule has 146 valence electrons. The molecule has 0 unspecified atom stereocenters. The molecule has 4 rings (SSSR count). The van der Waals surface area contributed by atoms with E-state index in [1.807, 2.05) is 60.7 Å². The Labute approximate surface area is 170 Å². The monoisotopic (exact) mass is 384 g/mol. The van der Waals surface area contributed by atoms with Crippen LogP contribution < -0.4 is 5.32 Å². The molecule has 0 fully saturated rings. The summed E-state index contributed by atoms with van der Waals surface area (Å²) in [7, 11) is 0. The summed E-state index contributed by atoms with van der Waals surface area (Å²) in [5.41, 5.74) is 5.56. The number of pyridine rings is 1. The molecule has 2 aromatic heterocycles. The number of nitrogens with one attached hydrogen (secondary N) is 1. The van der Waals surface area contributed by atoms with E-state index in [-0.39, 0.29) is 5.91 Å². The van der Waals surface area contributed by atoms with Crippen LogP contribution in [-0.2, 0) is 13.1 Å². The van der Waals surface area contributed by atoms with Crippen LogP contribution in [0.4, 0.5) is 0 Å². The van der Waals surface area contributed by atoms with E-state index < -0.39 is 0 Å². The highest BCUT2D eigenvalue weighted by atomic mass is 16.1. The fourth-order valence-corrected chi connectivity index (χ4v) is 3.40. The van der Waals surface area contributed by atoms with E-state index >= 15 is 0 Å². The summed E-state index contributed by atoms with van der Waals surface area (Å²) in [6.45, 7) is 5.51. The lowest BCUT2D eigenvalue weighted by molar-refractivity contribution is 0.0951. The van der Waals surface area contributed by atoms with Crippen LogP contribution in [-0.4, -0.2) is 20.4 Å². The Morgan fingerprint density at radius 3 is 2.69 bits per heavy atom. The minimum atomic E-state index is -0.0938. The quantitative estimate of drug-likeness (QED) is 0.522. The summed E-state index contributed by atoms with van der Waals surface area (Å²) in [5.74, 6) is 0.748. The zero-order valence-corrected chi connectivity index (χ0v) is 16.7. The van der Waals surface area contributed by atoms with Crippen LogP contribution in [0.5, 0.6) is 0 Å². The van der Waals surface area contributed by atoms with Gasteiger partial charge in [-0.05, 0) is 43.2 Å². The molecule has 29 heavy (non-hydrogen) atoms. The Kier molecular flexibility index (Phi) is 5.38. The molecule has 2 aromatic carbocycles. The second kappa shape index (κ2) is 8.27. The van der Waals surface area contributed by atoms with Gasteiger partial charge in [0, 0.05) is 30.4 Å². The van der Waals surface area contributed by atoms with Gasteiger partial charge >= 0.3 is 0 Å². The van der Waals surface area contributed by atoms with E-state index in [0.717, 1.165) is 41.1 Å². The van der Waals surface area contributed by atoms with E-state index in [2.05, 4.69) is 28.7 Å². The summed E-state index contributed by atoms with van der Waals surface area (Å²) in [6.07, 6.45) is 2.76. The van der Waals surface area contributed by atoms with Crippen molar-refractivity contribution in [2.24, 2.45) is 0 Å². The molecule has 0 aliphatic rings. The van der Waals surface area contributed by atoms with Crippen LogP contribution in [0, 0.1) is 6.92 Å². The number of imidazole rings is 1. The van der Waals surface area contributed by atoms with Gasteiger partial charge in [0.05, 0.1) is 0 Å². The van der Waals surface area contributed by atoms with Gasteiger partial charge in [-0.1, -0.05) is 48.9 Å². The largest absolute Gasteiger partial charge is 0.348 e. The van der Waals surface area contributed by atoms with E-state index in [1.54, 1.807) is 6.20 Å². The Morgan fingerprint density at radius 2 is 1.90 bits per heavy atom. The van der Waals surface area contributed by atoms with Crippen LogP contribution >= 0.6 is 0 Å². The minimum Gasteiger partial charge on any atom is -0.348 e. The Balaban J connectivity index is 1.60. The van der Waals surface area contributed by atoms with Crippen molar-refractivity contribution in [3.63, 3.8) is 0 Å². The zero-order chi connectivity index (χ0) is 20.2. The van der Waals surface area contributed by atoms with Crippen molar-refractivity contribution in [2.45, 2.75) is 33.4 Å². The molecule has 1 amide bonds. The maximum Gasteiger partial charge on any atom is 0.251 e. The van der Waals surface area contributed by atoms with Gasteiger partial charge in [0.15, 0.2) is 5.65 Å². The molecular formula is C24H24N4O. The molecule has 0 saturated carbocycles. The Hall–Kier alpha value is -3.47. The van der Waals surface area contributed by atoms with Crippen molar-refractivity contribution >= 4 is 17.1 Å². The number of hydrogen-bond donors (Lipinski definition) is 1. The molecule has 5 nitrogen and oxygen atoms in total. The van der Waals surface area contributed by atoms with E-state index in [4.69, 9.17) is 4.98 Å². The second-order valence-electron chi connectivity index (χ2n) is 7.18. The summed E-state index contributed by atoms with van der Waals surface area (Å²) in [4.78, 5) is 22.0. The average Bonchev–Trinajstić information content (AvgIpc) is 3.12. The van der Waals surface area contributed by atoms with Crippen LogP contribution in [0.3, 0.4) is 0 Å². The smallest absolute Gasteiger partial charge is 0.251 e. The number of nitrogens with zero attached hydrogens (tertiary/aromatic N) is 3. The van der Waals surface area contributed by atoms with Crippen LogP contribution in [0.15, 0.2) is 66.9 Å². The summed E-state index contributed by atoms with van der Waals surface area (Å²) in [6, 6.07) is 19.7. The van der Waals surface area contributed by atoms with Gasteiger partial charge in [0.1, 0.15) is 11.3 Å². The third kappa shape index (κ3) is 4.04.